The second kappa shape index (κ2) is 10.9. The van der Waals surface area contributed by atoms with E-state index >= 15 is 0 Å². The Labute approximate surface area is 224 Å². The molecule has 8 heteroatoms. The maximum atomic E-state index is 13.6. The maximum absolute atomic E-state index is 13.6. The van der Waals surface area contributed by atoms with Gasteiger partial charge >= 0.3 is 5.97 Å². The van der Waals surface area contributed by atoms with E-state index < -0.39 is 35.6 Å². The average molecular weight is 528 g/mol. The van der Waals surface area contributed by atoms with Gasteiger partial charge in [0.25, 0.3) is 0 Å². The van der Waals surface area contributed by atoms with Gasteiger partial charge in [-0.05, 0) is 49.8 Å². The number of ketones is 1. The van der Waals surface area contributed by atoms with Gasteiger partial charge in [-0.15, -0.1) is 6.58 Å². The van der Waals surface area contributed by atoms with Crippen LogP contribution < -0.4 is 0 Å². The van der Waals surface area contributed by atoms with Gasteiger partial charge in [0.15, 0.2) is 11.5 Å². The minimum Gasteiger partial charge on any atom is -0.457 e. The lowest BCUT2D eigenvalue weighted by Gasteiger charge is -2.35. The number of hydrogen-bond acceptors (Lipinski definition) is 8. The summed E-state index contributed by atoms with van der Waals surface area (Å²) in [6.07, 6.45) is 1.50. The standard InChI is InChI=1S/C30H41NO7/c1-7-9-20-27(34)17(2)10-8-13-30(6)25(38-30)15-23(19-11-12-22-21(14-19)31-18(3)36-22)37-26(33)16-24(32)29(4,5)28(20)35/h7,11-12,14,17,20,23-25,27,32,34H,1,8-10,13,15-16H2,2-6H3/t17-,20+,23-,24-,25?,27+,30?/m0/s1. The molecule has 4 rings (SSSR count). The number of aryl methyl sites for hydroxylation is 1. The SMILES string of the molecule is C=CC[C@H]1C(=O)C(C)(C)[C@@H](O)CC(=O)O[C@H](c2ccc3oc(C)nc3c2)CC2OC2(C)CCC[C@H](C)[C@H]1O. The molecule has 2 aromatic rings. The van der Waals surface area contributed by atoms with Crippen molar-refractivity contribution in [2.45, 2.75) is 103 Å². The van der Waals surface area contributed by atoms with Gasteiger partial charge in [0.1, 0.15) is 17.4 Å². The maximum Gasteiger partial charge on any atom is 0.309 e. The molecule has 0 saturated carbocycles. The highest BCUT2D eigenvalue weighted by Crippen LogP contribution is 2.47. The number of aliphatic hydroxyl groups excluding tert-OH is 2. The van der Waals surface area contributed by atoms with Crippen LogP contribution in [0.25, 0.3) is 11.1 Å². The molecule has 2 unspecified atom stereocenters. The molecule has 1 aromatic carbocycles. The molecule has 2 aliphatic rings. The minimum atomic E-state index is -1.28. The summed E-state index contributed by atoms with van der Waals surface area (Å²) in [5.74, 6) is -1.19. The van der Waals surface area contributed by atoms with Crippen LogP contribution in [0.4, 0.5) is 0 Å². The van der Waals surface area contributed by atoms with Gasteiger partial charge in [-0.25, -0.2) is 4.98 Å². The van der Waals surface area contributed by atoms with Crippen LogP contribution >= 0.6 is 0 Å². The van der Waals surface area contributed by atoms with Crippen molar-refractivity contribution in [3.8, 4) is 0 Å². The highest BCUT2D eigenvalue weighted by Gasteiger charge is 2.53. The summed E-state index contributed by atoms with van der Waals surface area (Å²) in [6.45, 7) is 12.8. The van der Waals surface area contributed by atoms with Crippen LogP contribution in [0.3, 0.4) is 0 Å². The number of rotatable bonds is 3. The Morgan fingerprint density at radius 1 is 1.21 bits per heavy atom. The number of epoxide rings is 1. The molecule has 0 amide bonds. The highest BCUT2D eigenvalue weighted by atomic mass is 16.6. The first-order valence-corrected chi connectivity index (χ1v) is 13.6. The smallest absolute Gasteiger partial charge is 0.309 e. The second-order valence-corrected chi connectivity index (χ2v) is 11.9. The number of Topliss-reactive ketones (excluding diaryl/α,β-unsaturated/α-hetero) is 1. The van der Waals surface area contributed by atoms with Crippen LogP contribution in [0.15, 0.2) is 35.3 Å². The van der Waals surface area contributed by atoms with Gasteiger partial charge in [-0.2, -0.15) is 0 Å². The number of allylic oxidation sites excluding steroid dienone is 1. The monoisotopic (exact) mass is 527 g/mol. The van der Waals surface area contributed by atoms with E-state index in [1.54, 1.807) is 26.8 Å². The van der Waals surface area contributed by atoms with Gasteiger partial charge < -0.3 is 24.1 Å². The molecule has 2 saturated heterocycles. The number of aromatic nitrogens is 1. The molecule has 7 atom stereocenters. The fourth-order valence-electron chi connectivity index (χ4n) is 5.70. The van der Waals surface area contributed by atoms with Crippen molar-refractivity contribution >= 4 is 22.9 Å². The van der Waals surface area contributed by atoms with Crippen molar-refractivity contribution in [3.63, 3.8) is 0 Å². The lowest BCUT2D eigenvalue weighted by atomic mass is 9.71. The van der Waals surface area contributed by atoms with E-state index in [2.05, 4.69) is 18.5 Å². The number of oxazole rings is 1. The summed E-state index contributed by atoms with van der Waals surface area (Å²) < 4.78 is 17.6. The molecule has 38 heavy (non-hydrogen) atoms. The number of ether oxygens (including phenoxy) is 2. The molecular weight excluding hydrogens is 486 g/mol. The van der Waals surface area contributed by atoms with Crippen molar-refractivity contribution in [3.05, 3.63) is 42.3 Å². The predicted molar refractivity (Wildman–Crippen MR) is 142 cm³/mol. The summed E-state index contributed by atoms with van der Waals surface area (Å²) in [6, 6.07) is 5.53. The first-order valence-electron chi connectivity index (χ1n) is 13.6. The molecule has 0 bridgehead atoms. The predicted octanol–water partition coefficient (Wildman–Crippen LogP) is 4.99. The average Bonchev–Trinajstić information content (AvgIpc) is 3.32. The van der Waals surface area contributed by atoms with Crippen LogP contribution in [0.5, 0.6) is 0 Å². The third-order valence-electron chi connectivity index (χ3n) is 8.54. The topological polar surface area (TPSA) is 122 Å². The molecule has 0 spiro atoms. The summed E-state index contributed by atoms with van der Waals surface area (Å²) in [7, 11) is 0. The van der Waals surface area contributed by atoms with Gasteiger partial charge in [0.05, 0.1) is 35.7 Å². The van der Waals surface area contributed by atoms with E-state index in [0.717, 1.165) is 24.8 Å². The van der Waals surface area contributed by atoms with Gasteiger partial charge in [0, 0.05) is 19.3 Å². The third-order valence-corrected chi connectivity index (χ3v) is 8.54. The first-order chi connectivity index (χ1) is 17.9. The van der Waals surface area contributed by atoms with Crippen molar-refractivity contribution in [2.24, 2.45) is 17.3 Å². The molecule has 0 radical (unpaired) electrons. The van der Waals surface area contributed by atoms with E-state index in [4.69, 9.17) is 13.9 Å². The molecule has 8 nitrogen and oxygen atoms in total. The summed E-state index contributed by atoms with van der Waals surface area (Å²) >= 11 is 0. The zero-order chi connectivity index (χ0) is 27.8. The number of hydrogen-bond donors (Lipinski definition) is 2. The van der Waals surface area contributed by atoms with Crippen LogP contribution in [0.2, 0.25) is 0 Å². The number of fused-ring (bicyclic) bond motifs is 2. The van der Waals surface area contributed by atoms with E-state index in [1.807, 2.05) is 25.1 Å². The number of carbonyl (C=O) groups is 2. The fraction of sp³-hybridized carbons (Fsp3) is 0.633. The first kappa shape index (κ1) is 28.5. The van der Waals surface area contributed by atoms with Gasteiger partial charge in [-0.3, -0.25) is 9.59 Å². The molecule has 0 aliphatic carbocycles. The largest absolute Gasteiger partial charge is 0.457 e. The summed E-state index contributed by atoms with van der Waals surface area (Å²) in [5, 5.41) is 22.2. The number of aliphatic hydroxyl groups is 2. The number of carbonyl (C=O) groups excluding carboxylic acids is 2. The molecular formula is C30H41NO7. The number of nitrogens with zero attached hydrogens (tertiary/aromatic N) is 1. The Kier molecular flexibility index (Phi) is 8.17. The zero-order valence-corrected chi connectivity index (χ0v) is 23.1. The zero-order valence-electron chi connectivity index (χ0n) is 23.1. The van der Waals surface area contributed by atoms with Crippen molar-refractivity contribution < 1.29 is 33.7 Å². The van der Waals surface area contributed by atoms with Crippen LogP contribution in [-0.2, 0) is 19.1 Å². The van der Waals surface area contributed by atoms with Gasteiger partial charge in [0.2, 0.25) is 0 Å². The van der Waals surface area contributed by atoms with Crippen LogP contribution in [0, 0.1) is 24.2 Å². The lowest BCUT2D eigenvalue weighted by Crippen LogP contribution is -2.46. The Hall–Kier alpha value is -2.55. The van der Waals surface area contributed by atoms with Crippen LogP contribution in [-0.4, -0.2) is 50.9 Å². The minimum absolute atomic E-state index is 0.0976. The second-order valence-electron chi connectivity index (χ2n) is 11.9. The van der Waals surface area contributed by atoms with E-state index in [0.29, 0.717) is 29.8 Å². The number of benzene rings is 1. The Bertz CT molecular complexity index is 1190. The third kappa shape index (κ3) is 5.87. The summed E-state index contributed by atoms with van der Waals surface area (Å²) in [5.41, 5.74) is 0.481. The van der Waals surface area contributed by atoms with E-state index in [9.17, 15) is 19.8 Å². The van der Waals surface area contributed by atoms with E-state index in [-0.39, 0.29) is 29.8 Å². The quantitative estimate of drug-likeness (QED) is 0.325. The Morgan fingerprint density at radius 2 is 1.95 bits per heavy atom. The normalized spacial score (nSPS) is 34.9. The van der Waals surface area contributed by atoms with Gasteiger partial charge in [-0.1, -0.05) is 39.3 Å². The fourth-order valence-corrected chi connectivity index (χ4v) is 5.70. The van der Waals surface area contributed by atoms with Crippen molar-refractivity contribution in [1.29, 1.82) is 0 Å². The number of cyclic esters (lactones) is 1. The molecule has 1 aromatic heterocycles. The Balaban J connectivity index is 1.63. The van der Waals surface area contributed by atoms with Crippen molar-refractivity contribution in [2.75, 3.05) is 0 Å². The number of esters is 1. The molecule has 2 aliphatic heterocycles. The summed E-state index contributed by atoms with van der Waals surface area (Å²) in [4.78, 5) is 31.1. The molecule has 3 heterocycles. The molecule has 208 valence electrons. The van der Waals surface area contributed by atoms with Crippen molar-refractivity contribution in [1.82, 2.24) is 4.98 Å². The molecule has 2 fully saturated rings. The van der Waals surface area contributed by atoms with E-state index in [1.165, 1.54) is 0 Å². The lowest BCUT2D eigenvalue weighted by molar-refractivity contribution is -0.156. The molecule has 2 N–H and O–H groups in total. The highest BCUT2D eigenvalue weighted by molar-refractivity contribution is 5.88. The Morgan fingerprint density at radius 3 is 2.66 bits per heavy atom. The van der Waals surface area contributed by atoms with Crippen LogP contribution in [0.1, 0.15) is 83.8 Å².